The average molecular weight is 321 g/mol. The minimum atomic E-state index is -0.936. The molecule has 0 atom stereocenters. The molecule has 0 aliphatic carbocycles. The van der Waals surface area contributed by atoms with Gasteiger partial charge in [0.25, 0.3) is 0 Å². The highest BCUT2D eigenvalue weighted by atomic mass is 79.9. The number of benzene rings is 1. The lowest BCUT2D eigenvalue weighted by molar-refractivity contribution is 0.0550. The van der Waals surface area contributed by atoms with E-state index in [1.807, 2.05) is 6.92 Å². The van der Waals surface area contributed by atoms with Crippen molar-refractivity contribution in [3.8, 4) is 5.75 Å². The van der Waals surface area contributed by atoms with Gasteiger partial charge < -0.3 is 9.47 Å². The fraction of sp³-hybridized carbons (Fsp3) is 0.538. The standard InChI is InChI=1S/C13H15BrF2O2/c1-13(3-5-18-6-4-13)8-7-9(14)12(17-2)11(16)10(8)15/h7H,3-6H2,1-2H3. The lowest BCUT2D eigenvalue weighted by Gasteiger charge is -2.34. The first-order valence-electron chi connectivity index (χ1n) is 5.79. The Morgan fingerprint density at radius 2 is 1.89 bits per heavy atom. The number of methoxy groups -OCH3 is 1. The molecule has 2 nitrogen and oxygen atoms in total. The molecular formula is C13H15BrF2O2. The minimum Gasteiger partial charge on any atom is -0.492 e. The van der Waals surface area contributed by atoms with Crippen LogP contribution in [-0.2, 0) is 10.2 Å². The molecule has 5 heteroatoms. The van der Waals surface area contributed by atoms with Gasteiger partial charge >= 0.3 is 0 Å². The number of hydrogen-bond donors (Lipinski definition) is 0. The zero-order chi connectivity index (χ0) is 13.3. The van der Waals surface area contributed by atoms with E-state index in [0.717, 1.165) is 0 Å². The summed E-state index contributed by atoms with van der Waals surface area (Å²) in [6.45, 7) is 3.08. The molecule has 100 valence electrons. The summed E-state index contributed by atoms with van der Waals surface area (Å²) in [5.41, 5.74) is -0.00575. The number of ether oxygens (including phenoxy) is 2. The molecule has 1 aromatic carbocycles. The maximum Gasteiger partial charge on any atom is 0.202 e. The molecule has 0 amide bonds. The fourth-order valence-corrected chi connectivity index (χ4v) is 2.86. The number of halogens is 3. The second-order valence-corrected chi connectivity index (χ2v) is 5.59. The summed E-state index contributed by atoms with van der Waals surface area (Å²) in [6.07, 6.45) is 1.37. The Labute approximate surface area is 113 Å². The van der Waals surface area contributed by atoms with E-state index in [1.54, 1.807) is 6.07 Å². The van der Waals surface area contributed by atoms with Crippen molar-refractivity contribution >= 4 is 15.9 Å². The Hall–Kier alpha value is -0.680. The van der Waals surface area contributed by atoms with Crippen LogP contribution in [0, 0.1) is 11.6 Å². The Morgan fingerprint density at radius 3 is 2.44 bits per heavy atom. The third-order valence-electron chi connectivity index (χ3n) is 3.57. The Kier molecular flexibility index (Phi) is 3.92. The van der Waals surface area contributed by atoms with Gasteiger partial charge in [-0.3, -0.25) is 0 Å². The van der Waals surface area contributed by atoms with E-state index in [9.17, 15) is 8.78 Å². The predicted molar refractivity (Wildman–Crippen MR) is 68.0 cm³/mol. The Balaban J connectivity index is 2.51. The topological polar surface area (TPSA) is 18.5 Å². The van der Waals surface area contributed by atoms with Gasteiger partial charge in [-0.1, -0.05) is 6.92 Å². The maximum absolute atomic E-state index is 14.1. The SMILES string of the molecule is COc1c(Br)cc(C2(C)CCOCC2)c(F)c1F. The monoisotopic (exact) mass is 320 g/mol. The lowest BCUT2D eigenvalue weighted by atomic mass is 9.76. The molecule has 1 aliphatic heterocycles. The van der Waals surface area contributed by atoms with E-state index >= 15 is 0 Å². The molecule has 1 heterocycles. The van der Waals surface area contributed by atoms with Crippen LogP contribution in [0.15, 0.2) is 10.5 Å². The molecule has 0 N–H and O–H groups in total. The molecule has 0 unspecified atom stereocenters. The molecule has 1 aliphatic rings. The summed E-state index contributed by atoms with van der Waals surface area (Å²) in [5.74, 6) is -1.85. The molecule has 2 rings (SSSR count). The van der Waals surface area contributed by atoms with Crippen LogP contribution in [0.2, 0.25) is 0 Å². The summed E-state index contributed by atoms with van der Waals surface area (Å²) < 4.78 is 38.6. The molecule has 18 heavy (non-hydrogen) atoms. The van der Waals surface area contributed by atoms with Crippen LogP contribution in [0.4, 0.5) is 8.78 Å². The molecular weight excluding hydrogens is 306 g/mol. The van der Waals surface area contributed by atoms with Gasteiger partial charge in [0.05, 0.1) is 11.6 Å². The van der Waals surface area contributed by atoms with Crippen molar-refractivity contribution in [1.82, 2.24) is 0 Å². The highest BCUT2D eigenvalue weighted by molar-refractivity contribution is 9.10. The van der Waals surface area contributed by atoms with Crippen molar-refractivity contribution in [3.63, 3.8) is 0 Å². The van der Waals surface area contributed by atoms with Crippen molar-refractivity contribution in [2.24, 2.45) is 0 Å². The second-order valence-electron chi connectivity index (χ2n) is 4.74. The normalized spacial score (nSPS) is 18.7. The van der Waals surface area contributed by atoms with Crippen LogP contribution in [0.25, 0.3) is 0 Å². The zero-order valence-corrected chi connectivity index (χ0v) is 11.9. The van der Waals surface area contributed by atoms with Crippen molar-refractivity contribution in [2.75, 3.05) is 20.3 Å². The van der Waals surface area contributed by atoms with Crippen LogP contribution in [-0.4, -0.2) is 20.3 Å². The Bertz CT molecular complexity index is 457. The summed E-state index contributed by atoms with van der Waals surface area (Å²) in [5, 5.41) is 0. The van der Waals surface area contributed by atoms with Gasteiger partial charge in [0.2, 0.25) is 5.82 Å². The van der Waals surface area contributed by atoms with Gasteiger partial charge in [-0.25, -0.2) is 4.39 Å². The van der Waals surface area contributed by atoms with Gasteiger partial charge in [-0.15, -0.1) is 0 Å². The Morgan fingerprint density at radius 1 is 1.28 bits per heavy atom. The first kappa shape index (κ1) is 13.7. The molecule has 1 aromatic rings. The van der Waals surface area contributed by atoms with Gasteiger partial charge in [0.15, 0.2) is 11.6 Å². The van der Waals surface area contributed by atoms with E-state index in [1.165, 1.54) is 7.11 Å². The first-order chi connectivity index (χ1) is 8.49. The van der Waals surface area contributed by atoms with Crippen molar-refractivity contribution in [2.45, 2.75) is 25.2 Å². The molecule has 0 saturated carbocycles. The lowest BCUT2D eigenvalue weighted by Crippen LogP contribution is -2.32. The number of rotatable bonds is 2. The van der Waals surface area contributed by atoms with E-state index < -0.39 is 17.0 Å². The van der Waals surface area contributed by atoms with Gasteiger partial charge in [0, 0.05) is 13.2 Å². The van der Waals surface area contributed by atoms with Crippen LogP contribution in [0.1, 0.15) is 25.3 Å². The molecule has 0 aromatic heterocycles. The summed E-state index contributed by atoms with van der Waals surface area (Å²) in [6, 6.07) is 1.61. The summed E-state index contributed by atoms with van der Waals surface area (Å²) in [4.78, 5) is 0. The summed E-state index contributed by atoms with van der Waals surface area (Å²) >= 11 is 3.22. The molecule has 1 saturated heterocycles. The minimum absolute atomic E-state index is 0.0908. The molecule has 0 bridgehead atoms. The van der Waals surface area contributed by atoms with Crippen LogP contribution >= 0.6 is 15.9 Å². The first-order valence-corrected chi connectivity index (χ1v) is 6.58. The second kappa shape index (κ2) is 5.13. The highest BCUT2D eigenvalue weighted by Gasteiger charge is 2.34. The molecule has 1 fully saturated rings. The quantitative estimate of drug-likeness (QED) is 0.772. The van der Waals surface area contributed by atoms with Gasteiger partial charge in [0.1, 0.15) is 0 Å². The third-order valence-corrected chi connectivity index (χ3v) is 4.16. The zero-order valence-electron chi connectivity index (χ0n) is 10.4. The predicted octanol–water partition coefficient (Wildman–Crippen LogP) is 3.80. The smallest absolute Gasteiger partial charge is 0.202 e. The fourth-order valence-electron chi connectivity index (χ4n) is 2.30. The number of hydrogen-bond acceptors (Lipinski definition) is 2. The molecule has 0 spiro atoms. The highest BCUT2D eigenvalue weighted by Crippen LogP contribution is 2.41. The molecule has 0 radical (unpaired) electrons. The largest absolute Gasteiger partial charge is 0.492 e. The van der Waals surface area contributed by atoms with Crippen molar-refractivity contribution in [3.05, 3.63) is 27.7 Å². The van der Waals surface area contributed by atoms with Crippen LogP contribution < -0.4 is 4.74 Å². The third kappa shape index (κ3) is 2.26. The maximum atomic E-state index is 14.1. The van der Waals surface area contributed by atoms with Gasteiger partial charge in [-0.05, 0) is 45.8 Å². The summed E-state index contributed by atoms with van der Waals surface area (Å²) in [7, 11) is 1.32. The van der Waals surface area contributed by atoms with Crippen molar-refractivity contribution in [1.29, 1.82) is 0 Å². The van der Waals surface area contributed by atoms with Crippen LogP contribution in [0.3, 0.4) is 0 Å². The van der Waals surface area contributed by atoms with Crippen molar-refractivity contribution < 1.29 is 18.3 Å². The average Bonchev–Trinajstić information content (AvgIpc) is 2.35. The van der Waals surface area contributed by atoms with E-state index in [-0.39, 0.29) is 5.75 Å². The van der Waals surface area contributed by atoms with Gasteiger partial charge in [-0.2, -0.15) is 4.39 Å². The van der Waals surface area contributed by atoms with Crippen LogP contribution in [0.5, 0.6) is 5.75 Å². The van der Waals surface area contributed by atoms with E-state index in [0.29, 0.717) is 36.1 Å². The van der Waals surface area contributed by atoms with E-state index in [2.05, 4.69) is 15.9 Å². The van der Waals surface area contributed by atoms with E-state index in [4.69, 9.17) is 9.47 Å².